The number of methoxy groups -OCH3 is 2. The van der Waals surface area contributed by atoms with E-state index in [-0.39, 0.29) is 5.91 Å². The molecule has 1 heterocycles. The lowest BCUT2D eigenvalue weighted by atomic mass is 9.84. The van der Waals surface area contributed by atoms with E-state index in [9.17, 15) is 4.79 Å². The molecule has 0 aromatic heterocycles. The smallest absolute Gasteiger partial charge is 0.259 e. The molecule has 164 valence electrons. The third-order valence-electron chi connectivity index (χ3n) is 6.29. The summed E-state index contributed by atoms with van der Waals surface area (Å²) in [5, 5.41) is 3.07. The van der Waals surface area contributed by atoms with Crippen LogP contribution < -0.4 is 19.7 Å². The highest BCUT2D eigenvalue weighted by Crippen LogP contribution is 2.40. The molecule has 0 radical (unpaired) electrons. The summed E-state index contributed by atoms with van der Waals surface area (Å²) >= 11 is 0. The van der Waals surface area contributed by atoms with Crippen molar-refractivity contribution in [3.63, 3.8) is 0 Å². The van der Waals surface area contributed by atoms with Gasteiger partial charge in [-0.3, -0.25) is 9.79 Å². The minimum absolute atomic E-state index is 0.242. The number of ether oxygens (including phenoxy) is 2. The molecular formula is C25H31N3O3. The Labute approximate surface area is 184 Å². The molecule has 1 aliphatic heterocycles. The number of carbonyl (C=O) groups excluding carboxylic acids is 1. The van der Waals surface area contributed by atoms with Crippen LogP contribution in [0.3, 0.4) is 0 Å². The van der Waals surface area contributed by atoms with Gasteiger partial charge < -0.3 is 19.7 Å². The number of nitrogens with zero attached hydrogens (tertiary/aromatic N) is 2. The first-order valence-electron chi connectivity index (χ1n) is 11.0. The van der Waals surface area contributed by atoms with E-state index in [4.69, 9.17) is 14.5 Å². The molecule has 1 saturated carbocycles. The number of anilines is 2. The molecule has 0 bridgehead atoms. The van der Waals surface area contributed by atoms with Gasteiger partial charge in [0.15, 0.2) is 11.5 Å². The van der Waals surface area contributed by atoms with Gasteiger partial charge in [-0.25, -0.2) is 0 Å². The number of rotatable bonds is 6. The highest BCUT2D eigenvalue weighted by molar-refractivity contribution is 6.09. The molecule has 6 nitrogen and oxygen atoms in total. The largest absolute Gasteiger partial charge is 0.493 e. The number of fused-ring (bicyclic) bond motifs is 1. The van der Waals surface area contributed by atoms with Gasteiger partial charge >= 0.3 is 0 Å². The Morgan fingerprint density at radius 1 is 1.10 bits per heavy atom. The summed E-state index contributed by atoms with van der Waals surface area (Å²) < 4.78 is 10.8. The van der Waals surface area contributed by atoms with Gasteiger partial charge in [0.25, 0.3) is 5.91 Å². The maximum Gasteiger partial charge on any atom is 0.259 e. The standard InChI is InChI=1S/C25H31N3O3/c1-28(2)22-14-17-13-19(16-9-6-5-7-10-16)26-20(17)15-21(22)27-25(29)18-11-8-12-23(30-3)24(18)31-4/h8,11-12,14-16H,5-7,9-10,13H2,1-4H3,(H,27,29). The van der Waals surface area contributed by atoms with Gasteiger partial charge in [0.2, 0.25) is 0 Å². The van der Waals surface area contributed by atoms with E-state index in [0.29, 0.717) is 23.0 Å². The van der Waals surface area contributed by atoms with Crippen LogP contribution in [0, 0.1) is 5.92 Å². The van der Waals surface area contributed by atoms with Crippen LogP contribution in [-0.2, 0) is 6.42 Å². The third-order valence-corrected chi connectivity index (χ3v) is 6.29. The molecule has 0 atom stereocenters. The van der Waals surface area contributed by atoms with Gasteiger partial charge in [0.05, 0.1) is 36.8 Å². The van der Waals surface area contributed by atoms with Crippen LogP contribution in [0.4, 0.5) is 17.1 Å². The summed E-state index contributed by atoms with van der Waals surface area (Å²) in [7, 11) is 7.08. The summed E-state index contributed by atoms with van der Waals surface area (Å²) in [4.78, 5) is 20.2. The van der Waals surface area contributed by atoms with Crippen LogP contribution in [0.2, 0.25) is 0 Å². The molecule has 2 aliphatic rings. The zero-order valence-electron chi connectivity index (χ0n) is 18.8. The maximum atomic E-state index is 13.1. The Kier molecular flexibility index (Phi) is 6.16. The molecular weight excluding hydrogens is 390 g/mol. The summed E-state index contributed by atoms with van der Waals surface area (Å²) in [5.41, 5.74) is 5.65. The fourth-order valence-corrected chi connectivity index (χ4v) is 4.65. The van der Waals surface area contributed by atoms with Crippen molar-refractivity contribution in [3.8, 4) is 11.5 Å². The lowest BCUT2D eigenvalue weighted by Crippen LogP contribution is -2.18. The lowest BCUT2D eigenvalue weighted by Gasteiger charge is -2.21. The number of hydrogen-bond acceptors (Lipinski definition) is 5. The zero-order chi connectivity index (χ0) is 22.0. The molecule has 2 aromatic rings. The number of benzene rings is 2. The average molecular weight is 422 g/mol. The minimum atomic E-state index is -0.242. The second kappa shape index (κ2) is 9.00. The first-order chi connectivity index (χ1) is 15.0. The number of para-hydroxylation sites is 1. The Hall–Kier alpha value is -3.02. The van der Waals surface area contributed by atoms with Gasteiger partial charge in [0, 0.05) is 26.2 Å². The summed E-state index contributed by atoms with van der Waals surface area (Å²) in [6.07, 6.45) is 7.34. The summed E-state index contributed by atoms with van der Waals surface area (Å²) in [5.74, 6) is 1.31. The van der Waals surface area contributed by atoms with Crippen LogP contribution in [0.5, 0.6) is 11.5 Å². The fourth-order valence-electron chi connectivity index (χ4n) is 4.65. The van der Waals surface area contributed by atoms with Crippen molar-refractivity contribution >= 4 is 28.7 Å². The molecule has 1 amide bonds. The molecule has 1 N–H and O–H groups in total. The van der Waals surface area contributed by atoms with Crippen LogP contribution in [-0.4, -0.2) is 39.9 Å². The molecule has 6 heteroatoms. The van der Waals surface area contributed by atoms with Crippen LogP contribution in [0.1, 0.15) is 48.0 Å². The normalized spacial score (nSPS) is 15.8. The molecule has 31 heavy (non-hydrogen) atoms. The average Bonchev–Trinajstić information content (AvgIpc) is 3.21. The molecule has 1 fully saturated rings. The Morgan fingerprint density at radius 3 is 2.55 bits per heavy atom. The van der Waals surface area contributed by atoms with E-state index in [2.05, 4.69) is 11.4 Å². The minimum Gasteiger partial charge on any atom is -0.493 e. The number of carbonyl (C=O) groups is 1. The SMILES string of the molecule is COc1cccc(C(=O)Nc2cc3c(cc2N(C)C)CC(C2CCCCC2)=N3)c1OC. The predicted molar refractivity (Wildman–Crippen MR) is 126 cm³/mol. The molecule has 4 rings (SSSR count). The second-order valence-electron chi connectivity index (χ2n) is 8.50. The fraction of sp³-hybridized carbons (Fsp3) is 0.440. The molecule has 2 aromatic carbocycles. The summed E-state index contributed by atoms with van der Waals surface area (Å²) in [6.45, 7) is 0. The number of amides is 1. The first kappa shape index (κ1) is 21.2. The van der Waals surface area contributed by atoms with E-state index in [1.807, 2.05) is 25.1 Å². The molecule has 0 spiro atoms. The van der Waals surface area contributed by atoms with Crippen LogP contribution >= 0.6 is 0 Å². The zero-order valence-corrected chi connectivity index (χ0v) is 18.8. The van der Waals surface area contributed by atoms with E-state index in [1.165, 1.54) is 50.5 Å². The van der Waals surface area contributed by atoms with Gasteiger partial charge in [-0.05, 0) is 48.6 Å². The molecule has 0 unspecified atom stereocenters. The summed E-state index contributed by atoms with van der Waals surface area (Å²) in [6, 6.07) is 9.46. The first-order valence-corrected chi connectivity index (χ1v) is 11.0. The molecule has 0 saturated heterocycles. The van der Waals surface area contributed by atoms with Crippen molar-refractivity contribution in [3.05, 3.63) is 41.5 Å². The Morgan fingerprint density at radius 2 is 1.87 bits per heavy atom. The Balaban J connectivity index is 1.64. The number of hydrogen-bond donors (Lipinski definition) is 1. The van der Waals surface area contributed by atoms with Crippen molar-refractivity contribution in [2.24, 2.45) is 10.9 Å². The van der Waals surface area contributed by atoms with Gasteiger partial charge in [-0.2, -0.15) is 0 Å². The third kappa shape index (κ3) is 4.24. The van der Waals surface area contributed by atoms with Crippen molar-refractivity contribution in [2.75, 3.05) is 38.5 Å². The highest BCUT2D eigenvalue weighted by atomic mass is 16.5. The van der Waals surface area contributed by atoms with E-state index in [0.717, 1.165) is 23.5 Å². The Bertz CT molecular complexity index is 1010. The van der Waals surface area contributed by atoms with Crippen molar-refractivity contribution in [2.45, 2.75) is 38.5 Å². The topological polar surface area (TPSA) is 63.2 Å². The van der Waals surface area contributed by atoms with Gasteiger partial charge in [-0.15, -0.1) is 0 Å². The van der Waals surface area contributed by atoms with E-state index in [1.54, 1.807) is 25.3 Å². The van der Waals surface area contributed by atoms with Crippen LogP contribution in [0.25, 0.3) is 0 Å². The van der Waals surface area contributed by atoms with Crippen molar-refractivity contribution in [1.29, 1.82) is 0 Å². The van der Waals surface area contributed by atoms with Crippen LogP contribution in [0.15, 0.2) is 35.3 Å². The highest BCUT2D eigenvalue weighted by Gasteiger charge is 2.26. The van der Waals surface area contributed by atoms with Gasteiger partial charge in [-0.1, -0.05) is 25.3 Å². The van der Waals surface area contributed by atoms with E-state index >= 15 is 0 Å². The van der Waals surface area contributed by atoms with E-state index < -0.39 is 0 Å². The van der Waals surface area contributed by atoms with Crippen molar-refractivity contribution < 1.29 is 14.3 Å². The second-order valence-corrected chi connectivity index (χ2v) is 8.50. The maximum absolute atomic E-state index is 13.1. The van der Waals surface area contributed by atoms with Crippen molar-refractivity contribution in [1.82, 2.24) is 0 Å². The lowest BCUT2D eigenvalue weighted by molar-refractivity contribution is 0.102. The monoisotopic (exact) mass is 421 g/mol. The predicted octanol–water partition coefficient (Wildman–Crippen LogP) is 5.23. The molecule has 1 aliphatic carbocycles. The quantitative estimate of drug-likeness (QED) is 0.694. The van der Waals surface area contributed by atoms with Gasteiger partial charge in [0.1, 0.15) is 0 Å². The number of nitrogens with one attached hydrogen (secondary N) is 1. The number of aliphatic imine (C=N–C) groups is 1.